The molecule has 0 aliphatic rings. The van der Waals surface area contributed by atoms with Gasteiger partial charge in [0.1, 0.15) is 5.75 Å². The van der Waals surface area contributed by atoms with Crippen molar-refractivity contribution in [3.05, 3.63) is 59.7 Å². The summed E-state index contributed by atoms with van der Waals surface area (Å²) in [4.78, 5) is 13.0. The Hall–Kier alpha value is -1.70. The molecule has 0 aliphatic heterocycles. The van der Waals surface area contributed by atoms with Gasteiger partial charge in [0.2, 0.25) is 0 Å². The maximum absolute atomic E-state index is 13.0. The van der Waals surface area contributed by atoms with Crippen LogP contribution in [0.3, 0.4) is 0 Å². The smallest absolute Gasteiger partial charge is 0.193 e. The average molecular weight is 527 g/mol. The van der Waals surface area contributed by atoms with E-state index in [2.05, 4.69) is 79.9 Å². The summed E-state index contributed by atoms with van der Waals surface area (Å²) >= 11 is 0. The number of hydrogen-bond acceptors (Lipinski definition) is 3. The number of unbranched alkanes of at least 4 members (excludes halogenated alkanes) is 3. The Kier molecular flexibility index (Phi) is 10.4. The van der Waals surface area contributed by atoms with Crippen molar-refractivity contribution in [2.24, 2.45) is 0 Å². The minimum Gasteiger partial charge on any atom is -0.494 e. The Morgan fingerprint density at radius 2 is 1.14 bits per heavy atom. The molecule has 2 aromatic carbocycles. The van der Waals surface area contributed by atoms with Gasteiger partial charge in [-0.15, -0.1) is 0 Å². The molecule has 0 N–H and O–H groups in total. The fourth-order valence-electron chi connectivity index (χ4n) is 3.63. The molecular weight excluding hydrogens is 477 g/mol. The maximum Gasteiger partial charge on any atom is 0.193 e. The Bertz CT molecular complexity index is 963. The van der Waals surface area contributed by atoms with E-state index in [1.54, 1.807) is 0 Å². The van der Waals surface area contributed by atoms with E-state index in [4.69, 9.17) is 9.16 Å². The molecule has 0 radical (unpaired) electrons. The van der Waals surface area contributed by atoms with Crippen LogP contribution in [0.4, 0.5) is 0 Å². The van der Waals surface area contributed by atoms with Gasteiger partial charge in [-0.2, -0.15) is 0 Å². The minimum atomic E-state index is -1.62. The van der Waals surface area contributed by atoms with Crippen molar-refractivity contribution >= 4 is 27.4 Å². The summed E-state index contributed by atoms with van der Waals surface area (Å²) in [5, 5.41) is 1.93. The van der Waals surface area contributed by atoms with Crippen LogP contribution in [-0.4, -0.2) is 35.4 Å². The second-order valence-corrected chi connectivity index (χ2v) is 23.3. The maximum atomic E-state index is 13.0. The molecule has 0 saturated carbocycles. The van der Waals surface area contributed by atoms with Crippen molar-refractivity contribution in [3.8, 4) is 5.75 Å². The number of ether oxygens (including phenoxy) is 1. The molecule has 0 saturated heterocycles. The largest absolute Gasteiger partial charge is 0.494 e. The zero-order valence-electron chi connectivity index (χ0n) is 24.6. The Morgan fingerprint density at radius 3 is 1.61 bits per heavy atom. The Balaban J connectivity index is 1.76. The molecule has 0 aliphatic carbocycles. The number of benzene rings is 2. The molecule has 0 bridgehead atoms. The molecule has 0 aromatic heterocycles. The van der Waals surface area contributed by atoms with Gasteiger partial charge in [-0.3, -0.25) is 4.79 Å². The van der Waals surface area contributed by atoms with E-state index in [0.717, 1.165) is 37.2 Å². The van der Waals surface area contributed by atoms with Gasteiger partial charge < -0.3 is 9.16 Å². The predicted molar refractivity (Wildman–Crippen MR) is 160 cm³/mol. The lowest BCUT2D eigenvalue weighted by atomic mass is 10.0. The van der Waals surface area contributed by atoms with Crippen LogP contribution in [0.15, 0.2) is 48.5 Å². The average Bonchev–Trinajstić information content (AvgIpc) is 2.79. The first-order valence-corrected chi connectivity index (χ1v) is 19.5. The summed E-state index contributed by atoms with van der Waals surface area (Å²) in [6, 6.07) is 15.8. The van der Waals surface area contributed by atoms with E-state index in [9.17, 15) is 4.79 Å². The number of rotatable bonds is 12. The van der Waals surface area contributed by atoms with Gasteiger partial charge in [0.25, 0.3) is 0 Å². The van der Waals surface area contributed by atoms with Crippen LogP contribution in [-0.2, 0) is 4.43 Å². The highest BCUT2D eigenvalue weighted by molar-refractivity contribution is 6.92. The normalized spacial score (nSPS) is 13.1. The SMILES string of the molecule is CC(C)(C)[Si](C)(C)OCCCCCCOc1ccc(C(=O)c2ccc([Si](C)(C)C(C)(C)C)cc2)cc1. The molecule has 0 heterocycles. The van der Waals surface area contributed by atoms with Gasteiger partial charge >= 0.3 is 0 Å². The van der Waals surface area contributed by atoms with Gasteiger partial charge in [-0.25, -0.2) is 0 Å². The lowest BCUT2D eigenvalue weighted by Crippen LogP contribution is -2.49. The van der Waals surface area contributed by atoms with Gasteiger partial charge in [-0.1, -0.05) is 90.5 Å². The Morgan fingerprint density at radius 1 is 0.667 bits per heavy atom. The van der Waals surface area contributed by atoms with Gasteiger partial charge in [0.05, 0.1) is 14.7 Å². The summed E-state index contributed by atoms with van der Waals surface area (Å²) in [5.74, 6) is 0.879. The molecule has 36 heavy (non-hydrogen) atoms. The molecule has 0 amide bonds. The number of ketones is 1. The van der Waals surface area contributed by atoms with Crippen LogP contribution < -0.4 is 9.92 Å². The van der Waals surface area contributed by atoms with Crippen molar-refractivity contribution < 1.29 is 14.0 Å². The van der Waals surface area contributed by atoms with Crippen molar-refractivity contribution in [1.29, 1.82) is 0 Å². The highest BCUT2D eigenvalue weighted by Gasteiger charge is 2.37. The van der Waals surface area contributed by atoms with E-state index in [1.165, 1.54) is 11.6 Å². The standard InChI is InChI=1S/C31H50O3Si2/c1-30(2,3)35(7,8)28-21-17-26(18-22-28)29(32)25-15-19-27(20-16-25)33-23-13-11-12-14-24-34-36(9,10)31(4,5)6/h15-22H,11-14,23-24H2,1-10H3. The molecule has 2 aromatic rings. The summed E-state index contributed by atoms with van der Waals surface area (Å²) in [5.41, 5.74) is 1.44. The first-order valence-electron chi connectivity index (χ1n) is 13.6. The Labute approximate surface area is 223 Å². The van der Waals surface area contributed by atoms with Crippen LogP contribution in [0.5, 0.6) is 5.75 Å². The van der Waals surface area contributed by atoms with E-state index >= 15 is 0 Å². The van der Waals surface area contributed by atoms with Crippen LogP contribution in [0.25, 0.3) is 0 Å². The van der Waals surface area contributed by atoms with Crippen LogP contribution in [0.2, 0.25) is 36.3 Å². The van der Waals surface area contributed by atoms with Crippen molar-refractivity contribution in [1.82, 2.24) is 0 Å². The third kappa shape index (κ3) is 8.15. The fourth-order valence-corrected chi connectivity index (χ4v) is 6.59. The number of carbonyl (C=O) groups excluding carboxylic acids is 1. The zero-order valence-corrected chi connectivity index (χ0v) is 26.6. The highest BCUT2D eigenvalue weighted by atomic mass is 28.4. The van der Waals surface area contributed by atoms with Crippen LogP contribution >= 0.6 is 0 Å². The van der Waals surface area contributed by atoms with E-state index < -0.39 is 16.4 Å². The highest BCUT2D eigenvalue weighted by Crippen LogP contribution is 2.37. The van der Waals surface area contributed by atoms with Gasteiger partial charge in [0, 0.05) is 17.7 Å². The third-order valence-electron chi connectivity index (χ3n) is 8.44. The molecule has 0 atom stereocenters. The molecule has 2 rings (SSSR count). The molecule has 0 fully saturated rings. The lowest BCUT2D eigenvalue weighted by molar-refractivity contribution is 0.103. The zero-order chi connectivity index (χ0) is 27.2. The van der Waals surface area contributed by atoms with E-state index in [0.29, 0.717) is 12.2 Å². The second kappa shape index (κ2) is 12.2. The lowest BCUT2D eigenvalue weighted by Gasteiger charge is -2.37. The molecule has 200 valence electrons. The van der Waals surface area contributed by atoms with Crippen LogP contribution in [0.1, 0.15) is 83.1 Å². The molecule has 3 nitrogen and oxygen atoms in total. The van der Waals surface area contributed by atoms with Gasteiger partial charge in [0.15, 0.2) is 14.1 Å². The van der Waals surface area contributed by atoms with E-state index in [-0.39, 0.29) is 15.9 Å². The summed E-state index contributed by atoms with van der Waals surface area (Å²) in [7, 11) is -3.22. The monoisotopic (exact) mass is 526 g/mol. The predicted octanol–water partition coefficient (Wildman–Crippen LogP) is 8.59. The van der Waals surface area contributed by atoms with Crippen molar-refractivity contribution in [2.45, 2.75) is 103 Å². The molecule has 5 heteroatoms. The summed E-state index contributed by atoms with van der Waals surface area (Å²) < 4.78 is 12.2. The second-order valence-electron chi connectivity index (χ2n) is 13.2. The summed E-state index contributed by atoms with van der Waals surface area (Å²) in [6.45, 7) is 24.8. The number of hydrogen-bond donors (Lipinski definition) is 0. The molecule has 0 spiro atoms. The van der Waals surface area contributed by atoms with E-state index in [1.807, 2.05) is 36.4 Å². The van der Waals surface area contributed by atoms with Crippen LogP contribution in [0, 0.1) is 0 Å². The number of carbonyl (C=O) groups is 1. The molecule has 0 unspecified atom stereocenters. The molecular formula is C31H50O3Si2. The fraction of sp³-hybridized carbons (Fsp3) is 0.581. The first kappa shape index (κ1) is 30.5. The minimum absolute atomic E-state index is 0.0586. The van der Waals surface area contributed by atoms with Crippen molar-refractivity contribution in [3.63, 3.8) is 0 Å². The van der Waals surface area contributed by atoms with Gasteiger partial charge in [-0.05, 0) is 66.7 Å². The first-order chi connectivity index (χ1) is 16.6. The van der Waals surface area contributed by atoms with Crippen molar-refractivity contribution in [2.75, 3.05) is 13.2 Å². The topological polar surface area (TPSA) is 35.5 Å². The quantitative estimate of drug-likeness (QED) is 0.158. The third-order valence-corrected chi connectivity index (χ3v) is 18.5. The summed E-state index contributed by atoms with van der Waals surface area (Å²) in [6.07, 6.45) is 4.45.